The van der Waals surface area contributed by atoms with E-state index in [1.165, 1.54) is 4.90 Å². The predicted molar refractivity (Wildman–Crippen MR) is 81.7 cm³/mol. The molecule has 0 unspecified atom stereocenters. The molecule has 2 rings (SSSR count). The maximum absolute atomic E-state index is 13.0. The number of likely N-dealkylation sites (tertiary alicyclic amines) is 1. The van der Waals surface area contributed by atoms with E-state index in [0.717, 1.165) is 24.8 Å². The molecular weight excluding hydrogens is 264 g/mol. The van der Waals surface area contributed by atoms with Crippen molar-refractivity contribution in [2.75, 3.05) is 6.54 Å². The lowest BCUT2D eigenvalue weighted by Crippen LogP contribution is -2.54. The summed E-state index contributed by atoms with van der Waals surface area (Å²) in [6.07, 6.45) is 8.24. The summed E-state index contributed by atoms with van der Waals surface area (Å²) in [5.74, 6) is -0.0437. The van der Waals surface area contributed by atoms with Crippen molar-refractivity contribution in [1.82, 2.24) is 9.88 Å². The first kappa shape index (κ1) is 15.7. The lowest BCUT2D eigenvalue weighted by molar-refractivity contribution is -0.153. The molecule has 1 aromatic rings. The van der Waals surface area contributed by atoms with E-state index >= 15 is 0 Å². The van der Waals surface area contributed by atoms with Crippen molar-refractivity contribution in [3.05, 3.63) is 30.1 Å². The Labute approximate surface area is 126 Å². The van der Waals surface area contributed by atoms with Gasteiger partial charge in [-0.05, 0) is 37.0 Å². The van der Waals surface area contributed by atoms with Gasteiger partial charge in [0.05, 0.1) is 5.41 Å². The number of hydrogen-bond donors (Lipinski definition) is 0. The minimum atomic E-state index is -0.553. The SMILES string of the molecule is CCCCCN1C(=O)CC[C@](CC)(c2ccncc2)C1=O. The van der Waals surface area contributed by atoms with Crippen molar-refractivity contribution in [1.29, 1.82) is 0 Å². The van der Waals surface area contributed by atoms with Crippen LogP contribution in [0.1, 0.15) is 57.9 Å². The number of pyridine rings is 1. The van der Waals surface area contributed by atoms with Gasteiger partial charge < -0.3 is 0 Å². The maximum atomic E-state index is 13.0. The van der Waals surface area contributed by atoms with Gasteiger partial charge in [-0.2, -0.15) is 0 Å². The van der Waals surface area contributed by atoms with E-state index < -0.39 is 5.41 Å². The number of carbonyl (C=O) groups is 2. The van der Waals surface area contributed by atoms with Crippen LogP contribution in [0.2, 0.25) is 0 Å². The van der Waals surface area contributed by atoms with Gasteiger partial charge in [0.15, 0.2) is 0 Å². The Morgan fingerprint density at radius 1 is 1.19 bits per heavy atom. The highest BCUT2D eigenvalue weighted by molar-refractivity contribution is 6.03. The Bertz CT molecular complexity index is 501. The molecule has 0 aromatic carbocycles. The highest BCUT2D eigenvalue weighted by Gasteiger charge is 2.46. The van der Waals surface area contributed by atoms with Crippen molar-refractivity contribution in [2.24, 2.45) is 0 Å². The molecule has 0 spiro atoms. The number of piperidine rings is 1. The molecule has 4 heteroatoms. The Hall–Kier alpha value is -1.71. The van der Waals surface area contributed by atoms with E-state index in [-0.39, 0.29) is 11.8 Å². The van der Waals surface area contributed by atoms with Gasteiger partial charge in [0.1, 0.15) is 0 Å². The first-order valence-electron chi connectivity index (χ1n) is 7.91. The largest absolute Gasteiger partial charge is 0.282 e. The van der Waals surface area contributed by atoms with Gasteiger partial charge in [0.2, 0.25) is 11.8 Å². The van der Waals surface area contributed by atoms with Gasteiger partial charge >= 0.3 is 0 Å². The lowest BCUT2D eigenvalue weighted by atomic mass is 9.71. The number of nitrogens with zero attached hydrogens (tertiary/aromatic N) is 2. The number of hydrogen-bond acceptors (Lipinski definition) is 3. The lowest BCUT2D eigenvalue weighted by Gasteiger charge is -2.40. The molecule has 0 saturated carbocycles. The van der Waals surface area contributed by atoms with Crippen molar-refractivity contribution in [2.45, 2.75) is 57.8 Å². The van der Waals surface area contributed by atoms with Crippen LogP contribution < -0.4 is 0 Å². The minimum absolute atomic E-state index is 0.0192. The van der Waals surface area contributed by atoms with Crippen LogP contribution in [0.4, 0.5) is 0 Å². The first-order chi connectivity index (χ1) is 10.2. The Balaban J connectivity index is 2.26. The number of aromatic nitrogens is 1. The molecule has 21 heavy (non-hydrogen) atoms. The Kier molecular flexibility index (Phi) is 5.10. The van der Waals surface area contributed by atoms with Crippen LogP contribution in [-0.4, -0.2) is 28.2 Å². The molecule has 2 heterocycles. The van der Waals surface area contributed by atoms with Crippen molar-refractivity contribution < 1.29 is 9.59 Å². The smallest absolute Gasteiger partial charge is 0.239 e. The molecule has 1 saturated heterocycles. The van der Waals surface area contributed by atoms with Crippen LogP contribution in [0.5, 0.6) is 0 Å². The molecular formula is C17H24N2O2. The summed E-state index contributed by atoms with van der Waals surface area (Å²) in [7, 11) is 0. The van der Waals surface area contributed by atoms with E-state index in [4.69, 9.17) is 0 Å². The number of amides is 2. The Morgan fingerprint density at radius 2 is 1.90 bits per heavy atom. The molecule has 114 valence electrons. The third-order valence-corrected chi connectivity index (χ3v) is 4.54. The van der Waals surface area contributed by atoms with Gasteiger partial charge in [0, 0.05) is 25.4 Å². The maximum Gasteiger partial charge on any atom is 0.239 e. The molecule has 0 N–H and O–H groups in total. The molecule has 1 fully saturated rings. The molecule has 1 aromatic heterocycles. The Morgan fingerprint density at radius 3 is 2.52 bits per heavy atom. The highest BCUT2D eigenvalue weighted by Crippen LogP contribution is 2.38. The van der Waals surface area contributed by atoms with E-state index in [1.807, 2.05) is 19.1 Å². The van der Waals surface area contributed by atoms with E-state index in [2.05, 4.69) is 11.9 Å². The standard InChI is InChI=1S/C17H24N2O2/c1-3-5-6-13-19-15(20)7-10-17(4-2,16(19)21)14-8-11-18-12-9-14/h8-9,11-12H,3-7,10,13H2,1-2H3/t17-/m1/s1. The van der Waals surface area contributed by atoms with Crippen LogP contribution in [0.25, 0.3) is 0 Å². The molecule has 0 bridgehead atoms. The third kappa shape index (κ3) is 2.99. The number of carbonyl (C=O) groups excluding carboxylic acids is 2. The second-order valence-electron chi connectivity index (χ2n) is 5.73. The normalized spacial score (nSPS) is 22.7. The van der Waals surface area contributed by atoms with E-state index in [1.54, 1.807) is 12.4 Å². The zero-order chi connectivity index (χ0) is 15.3. The summed E-state index contributed by atoms with van der Waals surface area (Å²) in [5, 5.41) is 0. The van der Waals surface area contributed by atoms with Gasteiger partial charge in [-0.1, -0.05) is 26.7 Å². The van der Waals surface area contributed by atoms with Crippen LogP contribution >= 0.6 is 0 Å². The van der Waals surface area contributed by atoms with E-state index in [0.29, 0.717) is 25.8 Å². The van der Waals surface area contributed by atoms with E-state index in [9.17, 15) is 9.59 Å². The molecule has 1 aliphatic rings. The van der Waals surface area contributed by atoms with Crippen LogP contribution in [-0.2, 0) is 15.0 Å². The zero-order valence-electron chi connectivity index (χ0n) is 13.0. The molecule has 1 atom stereocenters. The highest BCUT2D eigenvalue weighted by atomic mass is 16.2. The summed E-state index contributed by atoms with van der Waals surface area (Å²) in [6.45, 7) is 4.70. The predicted octanol–water partition coefficient (Wildman–Crippen LogP) is 3.07. The van der Waals surface area contributed by atoms with Crippen molar-refractivity contribution in [3.63, 3.8) is 0 Å². The summed E-state index contributed by atoms with van der Waals surface area (Å²) in [4.78, 5) is 30.6. The second kappa shape index (κ2) is 6.83. The average molecular weight is 288 g/mol. The molecule has 4 nitrogen and oxygen atoms in total. The quantitative estimate of drug-likeness (QED) is 0.597. The summed E-state index contributed by atoms with van der Waals surface area (Å²) < 4.78 is 0. The fraction of sp³-hybridized carbons (Fsp3) is 0.588. The summed E-state index contributed by atoms with van der Waals surface area (Å²) in [6, 6.07) is 3.81. The number of imide groups is 1. The molecule has 1 aliphatic heterocycles. The van der Waals surface area contributed by atoms with Gasteiger partial charge in [-0.15, -0.1) is 0 Å². The number of rotatable bonds is 6. The van der Waals surface area contributed by atoms with Gasteiger partial charge in [-0.3, -0.25) is 19.5 Å². The van der Waals surface area contributed by atoms with Crippen LogP contribution in [0, 0.1) is 0 Å². The van der Waals surface area contributed by atoms with Gasteiger partial charge in [-0.25, -0.2) is 0 Å². The minimum Gasteiger partial charge on any atom is -0.282 e. The zero-order valence-corrected chi connectivity index (χ0v) is 13.0. The van der Waals surface area contributed by atoms with Crippen LogP contribution in [0.15, 0.2) is 24.5 Å². The molecule has 2 amide bonds. The average Bonchev–Trinajstić information content (AvgIpc) is 2.52. The third-order valence-electron chi connectivity index (χ3n) is 4.54. The first-order valence-corrected chi connectivity index (χ1v) is 7.91. The topological polar surface area (TPSA) is 50.3 Å². The van der Waals surface area contributed by atoms with Gasteiger partial charge in [0.25, 0.3) is 0 Å². The second-order valence-corrected chi connectivity index (χ2v) is 5.73. The summed E-state index contributed by atoms with van der Waals surface area (Å²) in [5.41, 5.74) is 0.432. The van der Waals surface area contributed by atoms with Crippen molar-refractivity contribution in [3.8, 4) is 0 Å². The van der Waals surface area contributed by atoms with Crippen molar-refractivity contribution >= 4 is 11.8 Å². The summed E-state index contributed by atoms with van der Waals surface area (Å²) >= 11 is 0. The fourth-order valence-electron chi connectivity index (χ4n) is 3.15. The molecule has 0 radical (unpaired) electrons. The number of unbranched alkanes of at least 4 members (excludes halogenated alkanes) is 2. The fourth-order valence-corrected chi connectivity index (χ4v) is 3.15. The molecule has 0 aliphatic carbocycles. The monoisotopic (exact) mass is 288 g/mol. The van der Waals surface area contributed by atoms with Crippen LogP contribution in [0.3, 0.4) is 0 Å².